The molecule has 5 nitrogen and oxygen atoms in total. The summed E-state index contributed by atoms with van der Waals surface area (Å²) in [6.45, 7) is 3.02. The Morgan fingerprint density at radius 1 is 1.40 bits per heavy atom. The minimum Gasteiger partial charge on any atom is -0.331 e. The number of nitrogens with one attached hydrogen (secondary N) is 1. The van der Waals surface area contributed by atoms with Crippen LogP contribution in [0.5, 0.6) is 0 Å². The van der Waals surface area contributed by atoms with Gasteiger partial charge in [0.15, 0.2) is 0 Å². The summed E-state index contributed by atoms with van der Waals surface area (Å²) in [5.41, 5.74) is 2.86. The highest BCUT2D eigenvalue weighted by Gasteiger charge is 2.24. The highest BCUT2D eigenvalue weighted by atomic mass is 32.2. The molecule has 1 saturated heterocycles. The van der Waals surface area contributed by atoms with Crippen LogP contribution in [0, 0.1) is 0 Å². The average molecular weight is 287 g/mol. The summed E-state index contributed by atoms with van der Waals surface area (Å²) in [7, 11) is 0. The molecule has 0 atom stereocenters. The first-order valence-electron chi connectivity index (χ1n) is 6.37. The van der Waals surface area contributed by atoms with E-state index in [1.54, 1.807) is 6.08 Å². The third-order valence-corrected chi connectivity index (χ3v) is 3.86. The maximum absolute atomic E-state index is 11.5. The summed E-state index contributed by atoms with van der Waals surface area (Å²) in [5, 5.41) is 1.93. The number of aromatic nitrogens is 2. The number of amides is 2. The fourth-order valence-electron chi connectivity index (χ4n) is 2.16. The van der Waals surface area contributed by atoms with Crippen molar-refractivity contribution < 1.29 is 9.59 Å². The van der Waals surface area contributed by atoms with Crippen molar-refractivity contribution in [2.75, 3.05) is 0 Å². The van der Waals surface area contributed by atoms with Crippen molar-refractivity contribution in [1.29, 1.82) is 0 Å². The maximum atomic E-state index is 11.5. The zero-order chi connectivity index (χ0) is 14.1. The largest absolute Gasteiger partial charge is 0.331 e. The number of rotatable bonds is 3. The topological polar surface area (TPSA) is 64.0 Å². The second kappa shape index (κ2) is 5.13. The average Bonchev–Trinajstić information content (AvgIpc) is 2.95. The molecular formula is C14H13N3O2S. The molecule has 1 aliphatic rings. The zero-order valence-corrected chi connectivity index (χ0v) is 11.7. The van der Waals surface area contributed by atoms with E-state index in [9.17, 15) is 9.59 Å². The van der Waals surface area contributed by atoms with Crippen molar-refractivity contribution in [1.82, 2.24) is 14.9 Å². The van der Waals surface area contributed by atoms with E-state index in [4.69, 9.17) is 0 Å². The fourth-order valence-corrected chi connectivity index (χ4v) is 2.84. The Hall–Kier alpha value is -2.08. The van der Waals surface area contributed by atoms with Gasteiger partial charge in [0.2, 0.25) is 0 Å². The molecule has 1 aromatic heterocycles. The Kier molecular flexibility index (Phi) is 3.31. The molecule has 1 N–H and O–H groups in total. The fraction of sp³-hybridized carbons (Fsp3) is 0.214. The minimum atomic E-state index is -0.331. The Balaban J connectivity index is 2.00. The van der Waals surface area contributed by atoms with E-state index in [0.717, 1.165) is 41.3 Å². The van der Waals surface area contributed by atoms with Gasteiger partial charge in [-0.15, -0.1) is 0 Å². The molecule has 6 heteroatoms. The van der Waals surface area contributed by atoms with Crippen LogP contribution in [-0.2, 0) is 11.3 Å². The van der Waals surface area contributed by atoms with Crippen LogP contribution in [0.2, 0.25) is 0 Å². The van der Waals surface area contributed by atoms with Crippen LogP contribution >= 0.6 is 11.8 Å². The van der Waals surface area contributed by atoms with E-state index in [1.807, 2.05) is 24.5 Å². The molecule has 0 bridgehead atoms. The first kappa shape index (κ1) is 12.9. The monoisotopic (exact) mass is 287 g/mol. The molecule has 2 amide bonds. The van der Waals surface area contributed by atoms with Crippen LogP contribution in [0.3, 0.4) is 0 Å². The Morgan fingerprint density at radius 2 is 2.25 bits per heavy atom. The molecule has 1 aliphatic heterocycles. The summed E-state index contributed by atoms with van der Waals surface area (Å²) in [6, 6.07) is 5.81. The number of thioether (sulfide) groups is 1. The Bertz CT molecular complexity index is 733. The summed E-state index contributed by atoms with van der Waals surface area (Å²) < 4.78 is 2.09. The molecular weight excluding hydrogens is 274 g/mol. The lowest BCUT2D eigenvalue weighted by atomic mass is 10.2. The van der Waals surface area contributed by atoms with Crippen molar-refractivity contribution in [3.8, 4) is 0 Å². The highest BCUT2D eigenvalue weighted by molar-refractivity contribution is 8.18. The van der Waals surface area contributed by atoms with Crippen LogP contribution in [0.1, 0.15) is 18.9 Å². The third-order valence-electron chi connectivity index (χ3n) is 3.05. The van der Waals surface area contributed by atoms with Gasteiger partial charge in [-0.3, -0.25) is 14.9 Å². The molecule has 3 rings (SSSR count). The predicted molar refractivity (Wildman–Crippen MR) is 79.1 cm³/mol. The number of imidazole rings is 1. The summed E-state index contributed by atoms with van der Waals surface area (Å²) in [5.74, 6) is -0.331. The van der Waals surface area contributed by atoms with Crippen LogP contribution in [0.15, 0.2) is 29.4 Å². The summed E-state index contributed by atoms with van der Waals surface area (Å²) in [6.07, 6.45) is 4.59. The molecule has 2 aromatic rings. The van der Waals surface area contributed by atoms with Crippen LogP contribution in [0.4, 0.5) is 4.79 Å². The molecule has 2 heterocycles. The first-order valence-corrected chi connectivity index (χ1v) is 7.19. The van der Waals surface area contributed by atoms with E-state index < -0.39 is 0 Å². The predicted octanol–water partition coefficient (Wildman–Crippen LogP) is 2.77. The van der Waals surface area contributed by atoms with Gasteiger partial charge in [0.1, 0.15) is 0 Å². The zero-order valence-electron chi connectivity index (χ0n) is 10.9. The lowest BCUT2D eigenvalue weighted by Gasteiger charge is -2.02. The van der Waals surface area contributed by atoms with Crippen molar-refractivity contribution >= 4 is 40.0 Å². The van der Waals surface area contributed by atoms with E-state index in [2.05, 4.69) is 21.8 Å². The second-order valence-electron chi connectivity index (χ2n) is 4.54. The summed E-state index contributed by atoms with van der Waals surface area (Å²) in [4.78, 5) is 27.4. The van der Waals surface area contributed by atoms with Gasteiger partial charge in [-0.05, 0) is 42.0 Å². The van der Waals surface area contributed by atoms with E-state index >= 15 is 0 Å². The van der Waals surface area contributed by atoms with Crippen molar-refractivity contribution in [2.45, 2.75) is 19.9 Å². The second-order valence-corrected chi connectivity index (χ2v) is 5.55. The van der Waals surface area contributed by atoms with E-state index in [0.29, 0.717) is 4.91 Å². The SMILES string of the molecule is CCCn1cnc2ccc(C=C3SC(=O)NC3=O)cc21. The number of hydrogen-bond donors (Lipinski definition) is 1. The lowest BCUT2D eigenvalue weighted by molar-refractivity contribution is -0.115. The molecule has 20 heavy (non-hydrogen) atoms. The molecule has 0 aliphatic carbocycles. The van der Waals surface area contributed by atoms with Gasteiger partial charge in [0.25, 0.3) is 11.1 Å². The number of nitrogens with zero attached hydrogens (tertiary/aromatic N) is 2. The van der Waals surface area contributed by atoms with Gasteiger partial charge in [0, 0.05) is 6.54 Å². The number of imide groups is 1. The maximum Gasteiger partial charge on any atom is 0.290 e. The van der Waals surface area contributed by atoms with Gasteiger partial charge in [-0.2, -0.15) is 0 Å². The molecule has 0 unspecified atom stereocenters. The number of hydrogen-bond acceptors (Lipinski definition) is 4. The van der Waals surface area contributed by atoms with Crippen LogP contribution in [-0.4, -0.2) is 20.7 Å². The van der Waals surface area contributed by atoms with E-state index in [-0.39, 0.29) is 11.1 Å². The van der Waals surface area contributed by atoms with Crippen molar-refractivity contribution in [3.05, 3.63) is 35.0 Å². The van der Waals surface area contributed by atoms with Crippen molar-refractivity contribution in [2.24, 2.45) is 0 Å². The number of benzene rings is 1. The number of aryl methyl sites for hydroxylation is 1. The highest BCUT2D eigenvalue weighted by Crippen LogP contribution is 2.26. The number of fused-ring (bicyclic) bond motifs is 1. The van der Waals surface area contributed by atoms with Gasteiger partial charge in [-0.25, -0.2) is 4.98 Å². The Labute approximate surface area is 120 Å². The van der Waals surface area contributed by atoms with Crippen LogP contribution in [0.25, 0.3) is 17.1 Å². The van der Waals surface area contributed by atoms with Gasteiger partial charge < -0.3 is 4.57 Å². The minimum absolute atomic E-state index is 0.321. The Morgan fingerprint density at radius 3 is 2.95 bits per heavy atom. The quantitative estimate of drug-likeness (QED) is 0.882. The van der Waals surface area contributed by atoms with Gasteiger partial charge in [0.05, 0.1) is 22.3 Å². The molecule has 102 valence electrons. The lowest BCUT2D eigenvalue weighted by Crippen LogP contribution is -2.17. The van der Waals surface area contributed by atoms with E-state index in [1.165, 1.54) is 0 Å². The normalized spacial score (nSPS) is 17.1. The smallest absolute Gasteiger partial charge is 0.290 e. The first-order chi connectivity index (χ1) is 9.67. The molecule has 1 aromatic carbocycles. The summed E-state index contributed by atoms with van der Waals surface area (Å²) >= 11 is 0.930. The molecule has 0 spiro atoms. The van der Waals surface area contributed by atoms with Crippen molar-refractivity contribution in [3.63, 3.8) is 0 Å². The molecule has 1 fully saturated rings. The number of carbonyl (C=O) groups is 2. The number of carbonyl (C=O) groups excluding carboxylic acids is 2. The molecule has 0 radical (unpaired) electrons. The van der Waals surface area contributed by atoms with Crippen LogP contribution < -0.4 is 5.32 Å². The third kappa shape index (κ3) is 2.34. The standard InChI is InChI=1S/C14H13N3O2S/c1-2-5-17-8-15-10-4-3-9(6-11(10)17)7-12-13(18)16-14(19)20-12/h3-4,6-8H,2,5H2,1H3,(H,16,18,19). The van der Waals surface area contributed by atoms with Gasteiger partial charge in [-0.1, -0.05) is 13.0 Å². The van der Waals surface area contributed by atoms with Gasteiger partial charge >= 0.3 is 0 Å². The molecule has 0 saturated carbocycles.